The van der Waals surface area contributed by atoms with Crippen LogP contribution in [0.5, 0.6) is 5.75 Å². The molecule has 31 heavy (non-hydrogen) atoms. The number of amides is 1. The summed E-state index contributed by atoms with van der Waals surface area (Å²) >= 11 is 0. The first-order valence-electron chi connectivity index (χ1n) is 10.9. The summed E-state index contributed by atoms with van der Waals surface area (Å²) in [5, 5.41) is 3.09. The van der Waals surface area contributed by atoms with E-state index in [1.54, 1.807) is 25.3 Å². The van der Waals surface area contributed by atoms with Gasteiger partial charge >= 0.3 is 0 Å². The number of ether oxygens (including phenoxy) is 1. The minimum Gasteiger partial charge on any atom is -0.496 e. The second-order valence-corrected chi connectivity index (χ2v) is 9.96. The van der Waals surface area contributed by atoms with Crippen molar-refractivity contribution in [1.29, 1.82) is 0 Å². The Balaban J connectivity index is 1.69. The Morgan fingerprint density at radius 2 is 1.81 bits per heavy atom. The molecule has 3 rings (SSSR count). The van der Waals surface area contributed by atoms with Gasteiger partial charge in [-0.1, -0.05) is 36.8 Å². The van der Waals surface area contributed by atoms with Crippen molar-refractivity contribution in [3.63, 3.8) is 0 Å². The predicted octanol–water partition coefficient (Wildman–Crippen LogP) is 3.99. The number of methoxy groups -OCH3 is 1. The number of nitrogens with one attached hydrogen (secondary N) is 1. The summed E-state index contributed by atoms with van der Waals surface area (Å²) < 4.78 is 32.7. The summed E-state index contributed by atoms with van der Waals surface area (Å²) in [5.41, 5.74) is 2.99. The number of sulfonamides is 1. The number of rotatable bonds is 9. The molecule has 0 spiro atoms. The van der Waals surface area contributed by atoms with Gasteiger partial charge in [0, 0.05) is 19.5 Å². The molecular weight excluding hydrogens is 412 g/mol. The van der Waals surface area contributed by atoms with Crippen LogP contribution in [0.2, 0.25) is 0 Å². The molecule has 1 fully saturated rings. The van der Waals surface area contributed by atoms with E-state index >= 15 is 0 Å². The number of nitrogens with zero attached hydrogens (tertiary/aromatic N) is 1. The first kappa shape index (κ1) is 23.3. The molecule has 1 N–H and O–H groups in total. The highest BCUT2D eigenvalue weighted by molar-refractivity contribution is 7.89. The van der Waals surface area contributed by atoms with Crippen LogP contribution >= 0.6 is 0 Å². The van der Waals surface area contributed by atoms with Gasteiger partial charge in [0.25, 0.3) is 0 Å². The number of hydrogen-bond donors (Lipinski definition) is 1. The summed E-state index contributed by atoms with van der Waals surface area (Å²) in [7, 11) is -1.96. The number of hydrogen-bond acceptors (Lipinski definition) is 4. The fraction of sp³-hybridized carbons (Fsp3) is 0.458. The molecule has 1 aliphatic rings. The van der Waals surface area contributed by atoms with E-state index in [2.05, 4.69) is 5.32 Å². The molecule has 1 amide bonds. The molecule has 168 valence electrons. The maximum atomic E-state index is 12.9. The van der Waals surface area contributed by atoms with Gasteiger partial charge in [-0.3, -0.25) is 4.79 Å². The van der Waals surface area contributed by atoms with Crippen LogP contribution in [0.15, 0.2) is 47.4 Å². The van der Waals surface area contributed by atoms with Crippen LogP contribution in [-0.4, -0.2) is 38.8 Å². The molecule has 0 unspecified atom stereocenters. The van der Waals surface area contributed by atoms with Gasteiger partial charge in [-0.25, -0.2) is 8.42 Å². The van der Waals surface area contributed by atoms with Crippen LogP contribution in [-0.2, 0) is 21.2 Å². The van der Waals surface area contributed by atoms with Gasteiger partial charge in [-0.2, -0.15) is 4.31 Å². The molecule has 1 atom stereocenters. The van der Waals surface area contributed by atoms with Gasteiger partial charge in [0.05, 0.1) is 18.0 Å². The minimum atomic E-state index is -3.51. The third-order valence-corrected chi connectivity index (χ3v) is 7.69. The third-order valence-electron chi connectivity index (χ3n) is 5.80. The van der Waals surface area contributed by atoms with E-state index in [0.29, 0.717) is 25.3 Å². The van der Waals surface area contributed by atoms with Crippen molar-refractivity contribution < 1.29 is 17.9 Å². The van der Waals surface area contributed by atoms with Crippen LogP contribution in [0.25, 0.3) is 0 Å². The van der Waals surface area contributed by atoms with E-state index in [1.807, 2.05) is 38.1 Å². The monoisotopic (exact) mass is 444 g/mol. The molecule has 0 bridgehead atoms. The molecule has 0 radical (unpaired) electrons. The molecule has 0 aromatic heterocycles. The first-order valence-corrected chi connectivity index (χ1v) is 12.3. The van der Waals surface area contributed by atoms with Crippen LogP contribution in [0.1, 0.15) is 55.3 Å². The standard InChI is InChI=1S/C24H32N2O4S/c1-4-22(19-9-7-18(2)8-10-19)25-24(27)14-11-20-17-21(12-13-23(20)30-3)31(28,29)26-15-5-6-16-26/h7-10,12-13,17,22H,4-6,11,14-16H2,1-3H3,(H,25,27)/t22-/m1/s1. The second kappa shape index (κ2) is 10.3. The predicted molar refractivity (Wildman–Crippen MR) is 122 cm³/mol. The van der Waals surface area contributed by atoms with Crippen LogP contribution in [0, 0.1) is 6.92 Å². The molecule has 0 saturated carbocycles. The molecule has 1 aliphatic heterocycles. The SMILES string of the molecule is CC[C@@H](NC(=O)CCc1cc(S(=O)(=O)N2CCCC2)ccc1OC)c1ccc(C)cc1. The number of aryl methyl sites for hydroxylation is 2. The average Bonchev–Trinajstić information content (AvgIpc) is 3.32. The van der Waals surface area contributed by atoms with Gasteiger partial charge in [0.1, 0.15) is 5.75 Å². The van der Waals surface area contributed by atoms with Crippen LogP contribution < -0.4 is 10.1 Å². The average molecular weight is 445 g/mol. The summed E-state index contributed by atoms with van der Waals surface area (Å²) in [6.45, 7) is 5.20. The topological polar surface area (TPSA) is 75.7 Å². The van der Waals surface area contributed by atoms with E-state index in [4.69, 9.17) is 4.74 Å². The van der Waals surface area contributed by atoms with E-state index < -0.39 is 10.0 Å². The Hall–Kier alpha value is -2.38. The van der Waals surface area contributed by atoms with Crippen LogP contribution in [0.4, 0.5) is 0 Å². The zero-order chi connectivity index (χ0) is 22.4. The lowest BCUT2D eigenvalue weighted by Crippen LogP contribution is -2.28. The largest absolute Gasteiger partial charge is 0.496 e. The maximum absolute atomic E-state index is 12.9. The highest BCUT2D eigenvalue weighted by Crippen LogP contribution is 2.27. The normalized spacial score (nSPS) is 15.6. The van der Waals surface area contributed by atoms with Gasteiger partial charge in [0.2, 0.25) is 15.9 Å². The highest BCUT2D eigenvalue weighted by Gasteiger charge is 2.28. The highest BCUT2D eigenvalue weighted by atomic mass is 32.2. The molecular formula is C24H32N2O4S. The zero-order valence-electron chi connectivity index (χ0n) is 18.6. The molecule has 1 saturated heterocycles. The van der Waals surface area contributed by atoms with Crippen LogP contribution in [0.3, 0.4) is 0 Å². The van der Waals surface area contributed by atoms with E-state index in [9.17, 15) is 13.2 Å². The summed E-state index contributed by atoms with van der Waals surface area (Å²) in [6.07, 6.45) is 3.24. The van der Waals surface area contributed by atoms with E-state index in [-0.39, 0.29) is 23.3 Å². The van der Waals surface area contributed by atoms with Crippen molar-refractivity contribution in [2.75, 3.05) is 20.2 Å². The lowest BCUT2D eigenvalue weighted by molar-refractivity contribution is -0.121. The lowest BCUT2D eigenvalue weighted by atomic mass is 10.0. The smallest absolute Gasteiger partial charge is 0.243 e. The zero-order valence-corrected chi connectivity index (χ0v) is 19.4. The molecule has 0 aliphatic carbocycles. The first-order chi connectivity index (χ1) is 14.8. The molecule has 6 nitrogen and oxygen atoms in total. The third kappa shape index (κ3) is 5.66. The Labute approximate surface area is 185 Å². The molecule has 2 aromatic rings. The van der Waals surface area contributed by atoms with Gasteiger partial charge in [0.15, 0.2) is 0 Å². The fourth-order valence-electron chi connectivity index (χ4n) is 3.92. The maximum Gasteiger partial charge on any atom is 0.243 e. The minimum absolute atomic E-state index is 0.0446. The van der Waals surface area contributed by atoms with Crippen molar-refractivity contribution in [3.8, 4) is 5.75 Å². The van der Waals surface area contributed by atoms with Gasteiger partial charge in [-0.15, -0.1) is 0 Å². The number of benzene rings is 2. The summed E-state index contributed by atoms with van der Waals surface area (Å²) in [6, 6.07) is 13.0. The Kier molecular flexibility index (Phi) is 7.73. The van der Waals surface area contributed by atoms with E-state index in [0.717, 1.165) is 30.4 Å². The number of carbonyl (C=O) groups is 1. The second-order valence-electron chi connectivity index (χ2n) is 8.02. The van der Waals surface area contributed by atoms with E-state index in [1.165, 1.54) is 9.87 Å². The van der Waals surface area contributed by atoms with Crippen molar-refractivity contribution in [1.82, 2.24) is 9.62 Å². The molecule has 1 heterocycles. The lowest BCUT2D eigenvalue weighted by Gasteiger charge is -2.19. The molecule has 2 aromatic carbocycles. The Bertz CT molecular complexity index is 997. The Morgan fingerprint density at radius 1 is 1.13 bits per heavy atom. The van der Waals surface area contributed by atoms with Crippen molar-refractivity contribution >= 4 is 15.9 Å². The summed E-state index contributed by atoms with van der Waals surface area (Å²) in [4.78, 5) is 12.9. The summed E-state index contributed by atoms with van der Waals surface area (Å²) in [5.74, 6) is 0.529. The van der Waals surface area contributed by atoms with Gasteiger partial charge < -0.3 is 10.1 Å². The molecule has 7 heteroatoms. The number of carbonyl (C=O) groups excluding carboxylic acids is 1. The quantitative estimate of drug-likeness (QED) is 0.635. The van der Waals surface area contributed by atoms with Crippen molar-refractivity contribution in [2.24, 2.45) is 0 Å². The van der Waals surface area contributed by atoms with Gasteiger partial charge in [-0.05, 0) is 61.9 Å². The fourth-order valence-corrected chi connectivity index (χ4v) is 5.49. The Morgan fingerprint density at radius 3 is 2.42 bits per heavy atom. The van der Waals surface area contributed by atoms with Crippen molar-refractivity contribution in [3.05, 3.63) is 59.2 Å². The van der Waals surface area contributed by atoms with Crippen molar-refractivity contribution in [2.45, 2.75) is 56.9 Å².